The van der Waals surface area contributed by atoms with Crippen molar-refractivity contribution >= 4 is 24.4 Å². The Bertz CT molecular complexity index is 1510. The van der Waals surface area contributed by atoms with Gasteiger partial charge >= 0.3 is 0 Å². The van der Waals surface area contributed by atoms with E-state index in [1.54, 1.807) is 0 Å². The van der Waals surface area contributed by atoms with Gasteiger partial charge in [-0.2, -0.15) is 12.6 Å². The lowest BCUT2D eigenvalue weighted by Crippen LogP contribution is -2.61. The molecule has 4 heterocycles. The van der Waals surface area contributed by atoms with Crippen molar-refractivity contribution in [2.75, 3.05) is 39.3 Å². The number of imide groups is 1. The van der Waals surface area contributed by atoms with Gasteiger partial charge in [-0.05, 0) is 40.7 Å². The largest absolute Gasteiger partial charge is 0.295 e. The van der Waals surface area contributed by atoms with Crippen molar-refractivity contribution in [3.05, 3.63) is 107 Å². The van der Waals surface area contributed by atoms with Gasteiger partial charge in [-0.3, -0.25) is 34.5 Å². The number of hydrogen-bond donors (Lipinski definition) is 2. The third-order valence-electron chi connectivity index (χ3n) is 10.2. The first kappa shape index (κ1) is 31.4. The SMILES string of the molecule is O=C1CCC(N2Cc3ccc(CN4CCC(N5CCN(C(c6ccccc6)c6ccccc6)CC5)C(F)(F)C4)cc3C2S)C(=O)N1. The van der Waals surface area contributed by atoms with Gasteiger partial charge in [-0.15, -0.1) is 0 Å². The van der Waals surface area contributed by atoms with Crippen molar-refractivity contribution in [1.82, 2.24) is 24.9 Å². The summed E-state index contributed by atoms with van der Waals surface area (Å²) in [6.45, 7) is 4.07. The van der Waals surface area contributed by atoms with Gasteiger partial charge < -0.3 is 0 Å². The molecule has 3 aromatic rings. The van der Waals surface area contributed by atoms with Crippen LogP contribution in [0.3, 0.4) is 0 Å². The van der Waals surface area contributed by atoms with Gasteiger partial charge in [-0.1, -0.05) is 78.9 Å². The lowest BCUT2D eigenvalue weighted by molar-refractivity contribution is -0.138. The number of piperidine rings is 2. The summed E-state index contributed by atoms with van der Waals surface area (Å²) in [5.74, 6) is -3.33. The van der Waals surface area contributed by atoms with Gasteiger partial charge in [0.25, 0.3) is 5.92 Å². The first-order chi connectivity index (χ1) is 22.3. The summed E-state index contributed by atoms with van der Waals surface area (Å²) in [4.78, 5) is 32.5. The number of thiol groups is 1. The average Bonchev–Trinajstić information content (AvgIpc) is 3.37. The molecule has 4 aliphatic rings. The molecule has 1 N–H and O–H groups in total. The van der Waals surface area contributed by atoms with E-state index in [1.807, 2.05) is 39.0 Å². The summed E-state index contributed by atoms with van der Waals surface area (Å²) >= 11 is 4.83. The number of hydrogen-bond acceptors (Lipinski definition) is 7. The second-order valence-electron chi connectivity index (χ2n) is 13.1. The monoisotopic (exact) mass is 645 g/mol. The van der Waals surface area contributed by atoms with Crippen molar-refractivity contribution in [3.63, 3.8) is 0 Å². The molecule has 242 valence electrons. The molecule has 0 saturated carbocycles. The Morgan fingerprint density at radius 3 is 2.17 bits per heavy atom. The van der Waals surface area contributed by atoms with Crippen LogP contribution in [0.2, 0.25) is 0 Å². The zero-order valence-electron chi connectivity index (χ0n) is 25.9. The minimum atomic E-state index is -2.82. The van der Waals surface area contributed by atoms with E-state index in [4.69, 9.17) is 12.6 Å². The maximum absolute atomic E-state index is 15.8. The number of benzene rings is 3. The fraction of sp³-hybridized carbons (Fsp3) is 0.444. The van der Waals surface area contributed by atoms with Crippen LogP contribution in [-0.2, 0) is 22.7 Å². The quantitative estimate of drug-likeness (QED) is 0.283. The van der Waals surface area contributed by atoms with Crippen LogP contribution < -0.4 is 5.32 Å². The molecule has 2 amide bonds. The van der Waals surface area contributed by atoms with E-state index < -0.39 is 18.0 Å². The molecule has 10 heteroatoms. The number of carbonyl (C=O) groups is 2. The van der Waals surface area contributed by atoms with Crippen molar-refractivity contribution in [2.24, 2.45) is 0 Å². The Balaban J connectivity index is 0.966. The van der Waals surface area contributed by atoms with Crippen LogP contribution in [0.25, 0.3) is 0 Å². The third kappa shape index (κ3) is 6.38. The first-order valence-electron chi connectivity index (χ1n) is 16.3. The van der Waals surface area contributed by atoms with Gasteiger partial charge in [0.2, 0.25) is 11.8 Å². The molecule has 7 nitrogen and oxygen atoms in total. The van der Waals surface area contributed by atoms with Crippen LogP contribution in [0.1, 0.15) is 58.5 Å². The van der Waals surface area contributed by atoms with Crippen LogP contribution >= 0.6 is 12.6 Å². The summed E-state index contributed by atoms with van der Waals surface area (Å²) in [7, 11) is 0. The Morgan fingerprint density at radius 1 is 0.870 bits per heavy atom. The maximum atomic E-state index is 15.8. The van der Waals surface area contributed by atoms with Crippen LogP contribution in [0.4, 0.5) is 8.78 Å². The zero-order chi connectivity index (χ0) is 31.8. The minimum Gasteiger partial charge on any atom is -0.295 e. The molecule has 0 bridgehead atoms. The Morgan fingerprint density at radius 2 is 1.54 bits per heavy atom. The molecule has 3 aromatic carbocycles. The van der Waals surface area contributed by atoms with Crippen LogP contribution in [-0.4, -0.2) is 88.7 Å². The van der Waals surface area contributed by atoms with Crippen LogP contribution in [0.15, 0.2) is 78.9 Å². The number of halogens is 2. The molecule has 0 radical (unpaired) electrons. The Hall–Kier alpha value is -3.15. The number of nitrogens with one attached hydrogen (secondary N) is 1. The highest BCUT2D eigenvalue weighted by Crippen LogP contribution is 2.40. The summed E-state index contributed by atoms with van der Waals surface area (Å²) in [5, 5.41) is 2.15. The highest BCUT2D eigenvalue weighted by Gasteiger charge is 2.48. The average molecular weight is 646 g/mol. The lowest BCUT2D eigenvalue weighted by atomic mass is 9.95. The van der Waals surface area contributed by atoms with Gasteiger partial charge in [-0.25, -0.2) is 8.78 Å². The predicted octanol–water partition coefficient (Wildman–Crippen LogP) is 4.85. The van der Waals surface area contributed by atoms with E-state index in [0.29, 0.717) is 52.0 Å². The topological polar surface area (TPSA) is 59.1 Å². The standard InChI is InChI=1S/C36H41F2N5O2S/c37-36(38)24-40(22-25-11-12-28-23-43(35(46)29(28)21-25)30-13-14-32(44)39-34(30)45)16-15-31(36)41-17-19-42(20-18-41)33(26-7-3-1-4-8-26)27-9-5-2-6-10-27/h1-12,21,30-31,33,35,46H,13-20,22-24H2,(H,39,44,45). The Labute approximate surface area is 274 Å². The molecule has 0 aliphatic carbocycles. The van der Waals surface area contributed by atoms with E-state index in [0.717, 1.165) is 29.8 Å². The molecule has 3 atom stereocenters. The van der Waals surface area contributed by atoms with Crippen molar-refractivity contribution in [1.29, 1.82) is 0 Å². The van der Waals surface area contributed by atoms with Crippen molar-refractivity contribution < 1.29 is 18.4 Å². The van der Waals surface area contributed by atoms with E-state index in [2.05, 4.69) is 64.8 Å². The number of amides is 2. The number of piperazine rings is 1. The summed E-state index contributed by atoms with van der Waals surface area (Å²) in [6.07, 6.45) is 1.22. The fourth-order valence-electron chi connectivity index (χ4n) is 7.90. The van der Waals surface area contributed by atoms with E-state index in [1.165, 1.54) is 11.1 Å². The Kier molecular flexibility index (Phi) is 9.00. The van der Waals surface area contributed by atoms with Crippen LogP contribution in [0.5, 0.6) is 0 Å². The predicted molar refractivity (Wildman–Crippen MR) is 176 cm³/mol. The minimum absolute atomic E-state index is 0.104. The van der Waals surface area contributed by atoms with E-state index >= 15 is 8.78 Å². The van der Waals surface area contributed by atoms with Crippen LogP contribution in [0, 0.1) is 0 Å². The van der Waals surface area contributed by atoms with Gasteiger partial charge in [0.05, 0.1) is 30.0 Å². The molecule has 0 aromatic heterocycles. The van der Waals surface area contributed by atoms with E-state index in [-0.39, 0.29) is 29.8 Å². The highest BCUT2D eigenvalue weighted by atomic mass is 32.1. The zero-order valence-corrected chi connectivity index (χ0v) is 26.8. The fourth-order valence-corrected chi connectivity index (χ4v) is 8.38. The number of alkyl halides is 2. The summed E-state index contributed by atoms with van der Waals surface area (Å²) < 4.78 is 31.6. The summed E-state index contributed by atoms with van der Waals surface area (Å²) in [5.41, 5.74) is 5.51. The number of rotatable bonds is 7. The molecule has 0 spiro atoms. The smallest absolute Gasteiger partial charge is 0.275 e. The number of carbonyl (C=O) groups excluding carboxylic acids is 2. The highest BCUT2D eigenvalue weighted by molar-refractivity contribution is 7.80. The molecule has 7 rings (SSSR count). The van der Waals surface area contributed by atoms with Gasteiger partial charge in [0, 0.05) is 52.2 Å². The normalized spacial score (nSPS) is 26.3. The summed E-state index contributed by atoms with van der Waals surface area (Å²) in [6, 6.07) is 25.9. The second kappa shape index (κ2) is 13.2. The molecular formula is C36H41F2N5O2S. The molecular weight excluding hydrogens is 604 g/mol. The molecule has 4 aliphatic heterocycles. The second-order valence-corrected chi connectivity index (χ2v) is 13.6. The van der Waals surface area contributed by atoms with Gasteiger partial charge in [0.15, 0.2) is 0 Å². The third-order valence-corrected chi connectivity index (χ3v) is 10.8. The molecule has 46 heavy (non-hydrogen) atoms. The number of fused-ring (bicyclic) bond motifs is 1. The molecule has 3 unspecified atom stereocenters. The molecule has 3 saturated heterocycles. The maximum Gasteiger partial charge on any atom is 0.275 e. The van der Waals surface area contributed by atoms with Crippen molar-refractivity contribution in [2.45, 2.75) is 61.8 Å². The number of nitrogens with zero attached hydrogens (tertiary/aromatic N) is 4. The lowest BCUT2D eigenvalue weighted by Gasteiger charge is -2.47. The van der Waals surface area contributed by atoms with Crippen molar-refractivity contribution in [3.8, 4) is 0 Å². The first-order valence-corrected chi connectivity index (χ1v) is 16.9. The van der Waals surface area contributed by atoms with Gasteiger partial charge in [0.1, 0.15) is 0 Å². The molecule has 3 fully saturated rings. The van der Waals surface area contributed by atoms with E-state index in [9.17, 15) is 9.59 Å². The number of likely N-dealkylation sites (tertiary alicyclic amines) is 1.